The molecule has 0 aliphatic carbocycles. The molecular weight excluding hydrogens is 265 g/mol. The summed E-state index contributed by atoms with van der Waals surface area (Å²) in [7, 11) is 0. The molecular formula is C8H6BrF3S. The molecule has 0 radical (unpaired) electrons. The van der Waals surface area contributed by atoms with Crippen molar-refractivity contribution in [1.29, 1.82) is 0 Å². The highest BCUT2D eigenvalue weighted by Crippen LogP contribution is 2.35. The van der Waals surface area contributed by atoms with Crippen molar-refractivity contribution < 1.29 is 13.2 Å². The summed E-state index contributed by atoms with van der Waals surface area (Å²) in [6, 6.07) is 4.08. The molecule has 0 saturated heterocycles. The van der Waals surface area contributed by atoms with E-state index in [-0.39, 0.29) is 4.47 Å². The Bertz CT molecular complexity index is 309. The van der Waals surface area contributed by atoms with E-state index in [0.717, 1.165) is 6.07 Å². The molecule has 1 aromatic carbocycles. The maximum Gasteiger partial charge on any atom is 0.417 e. The molecule has 0 amide bonds. The molecule has 0 aromatic heterocycles. The van der Waals surface area contributed by atoms with Crippen LogP contribution in [0.15, 0.2) is 22.7 Å². The molecule has 0 saturated carbocycles. The molecule has 13 heavy (non-hydrogen) atoms. The molecule has 0 unspecified atom stereocenters. The number of hydrogen-bond acceptors (Lipinski definition) is 1. The Balaban J connectivity index is 3.19. The lowest BCUT2D eigenvalue weighted by Gasteiger charge is -2.09. The lowest BCUT2D eigenvalue weighted by atomic mass is 10.1. The first-order valence-electron chi connectivity index (χ1n) is 3.41. The van der Waals surface area contributed by atoms with Gasteiger partial charge in [0.15, 0.2) is 0 Å². The molecule has 0 atom stereocenters. The number of rotatable bonds is 1. The minimum Gasteiger partial charge on any atom is -0.175 e. The molecule has 0 fully saturated rings. The highest BCUT2D eigenvalue weighted by atomic mass is 79.9. The van der Waals surface area contributed by atoms with Crippen LogP contribution in [0.2, 0.25) is 0 Å². The molecule has 0 bridgehead atoms. The smallest absolute Gasteiger partial charge is 0.175 e. The molecule has 0 aliphatic rings. The third-order valence-electron chi connectivity index (χ3n) is 1.52. The fourth-order valence-electron chi connectivity index (χ4n) is 0.888. The fourth-order valence-corrected chi connectivity index (χ4v) is 1.56. The van der Waals surface area contributed by atoms with E-state index in [4.69, 9.17) is 0 Å². The highest BCUT2D eigenvalue weighted by molar-refractivity contribution is 9.10. The van der Waals surface area contributed by atoms with Crippen molar-refractivity contribution in [3.63, 3.8) is 0 Å². The Morgan fingerprint density at radius 3 is 2.38 bits per heavy atom. The molecule has 0 aliphatic heterocycles. The van der Waals surface area contributed by atoms with Crippen LogP contribution in [0.4, 0.5) is 13.2 Å². The summed E-state index contributed by atoms with van der Waals surface area (Å²) in [5.74, 6) is 0.302. The second kappa shape index (κ2) is 3.92. The lowest BCUT2D eigenvalue weighted by Crippen LogP contribution is -2.06. The summed E-state index contributed by atoms with van der Waals surface area (Å²) < 4.78 is 37.0. The van der Waals surface area contributed by atoms with E-state index in [9.17, 15) is 13.2 Å². The number of alkyl halides is 3. The van der Waals surface area contributed by atoms with Gasteiger partial charge in [-0.25, -0.2) is 0 Å². The molecule has 0 heterocycles. The van der Waals surface area contributed by atoms with Crippen LogP contribution in [-0.4, -0.2) is 0 Å². The van der Waals surface area contributed by atoms with Crippen LogP contribution < -0.4 is 0 Å². The van der Waals surface area contributed by atoms with Gasteiger partial charge >= 0.3 is 6.18 Å². The van der Waals surface area contributed by atoms with Crippen molar-refractivity contribution in [2.45, 2.75) is 11.9 Å². The van der Waals surface area contributed by atoms with E-state index < -0.39 is 11.7 Å². The van der Waals surface area contributed by atoms with Crippen molar-refractivity contribution >= 4 is 28.6 Å². The van der Waals surface area contributed by atoms with Gasteiger partial charge in [0.25, 0.3) is 0 Å². The Morgan fingerprint density at radius 1 is 1.31 bits per heavy atom. The zero-order valence-corrected chi connectivity index (χ0v) is 8.88. The monoisotopic (exact) mass is 270 g/mol. The quantitative estimate of drug-likeness (QED) is 0.736. The van der Waals surface area contributed by atoms with Crippen LogP contribution in [0.1, 0.15) is 11.1 Å². The molecule has 1 aromatic rings. The lowest BCUT2D eigenvalue weighted by molar-refractivity contribution is -0.138. The summed E-state index contributed by atoms with van der Waals surface area (Å²) in [5.41, 5.74) is -0.0992. The van der Waals surface area contributed by atoms with Gasteiger partial charge in [0.05, 0.1) is 5.56 Å². The van der Waals surface area contributed by atoms with E-state index in [1.807, 2.05) is 0 Å². The van der Waals surface area contributed by atoms with E-state index in [0.29, 0.717) is 11.3 Å². The minimum atomic E-state index is -4.31. The first-order valence-corrected chi connectivity index (χ1v) is 4.84. The summed E-state index contributed by atoms with van der Waals surface area (Å²) >= 11 is 6.76. The summed E-state index contributed by atoms with van der Waals surface area (Å²) in [5, 5.41) is 0. The van der Waals surface area contributed by atoms with E-state index in [1.165, 1.54) is 6.07 Å². The predicted molar refractivity (Wildman–Crippen MR) is 51.8 cm³/mol. The number of thiol groups is 1. The van der Waals surface area contributed by atoms with Gasteiger partial charge in [0.2, 0.25) is 0 Å². The average Bonchev–Trinajstić information content (AvgIpc) is 2.03. The normalized spacial score (nSPS) is 11.8. The number of hydrogen-bond donors (Lipinski definition) is 1. The van der Waals surface area contributed by atoms with E-state index in [1.54, 1.807) is 6.07 Å². The van der Waals surface area contributed by atoms with Gasteiger partial charge in [-0.05, 0) is 17.7 Å². The summed E-state index contributed by atoms with van der Waals surface area (Å²) in [4.78, 5) is 0. The zero-order chi connectivity index (χ0) is 10.1. The second-order valence-corrected chi connectivity index (χ2v) is 3.64. The predicted octanol–water partition coefficient (Wildman–Crippen LogP) is 3.90. The first kappa shape index (κ1) is 10.9. The van der Waals surface area contributed by atoms with E-state index in [2.05, 4.69) is 28.6 Å². The van der Waals surface area contributed by atoms with Gasteiger partial charge in [-0.1, -0.05) is 22.0 Å². The number of benzene rings is 1. The summed E-state index contributed by atoms with van der Waals surface area (Å²) in [6.07, 6.45) is -4.31. The van der Waals surface area contributed by atoms with E-state index >= 15 is 0 Å². The van der Waals surface area contributed by atoms with Crippen LogP contribution in [0.5, 0.6) is 0 Å². The Labute approximate surface area is 87.7 Å². The van der Waals surface area contributed by atoms with Gasteiger partial charge in [-0.3, -0.25) is 0 Å². The standard InChI is InChI=1S/C8H6BrF3S/c9-7-2-1-5(4-13)3-6(7)8(10,11)12/h1-3,13H,4H2. The fraction of sp³-hybridized carbons (Fsp3) is 0.250. The topological polar surface area (TPSA) is 0 Å². The van der Waals surface area contributed by atoms with Gasteiger partial charge in [-0.2, -0.15) is 25.8 Å². The average molecular weight is 271 g/mol. The second-order valence-electron chi connectivity index (χ2n) is 2.47. The minimum absolute atomic E-state index is 0.0607. The number of halogens is 4. The molecule has 0 N–H and O–H groups in total. The molecule has 5 heteroatoms. The van der Waals surface area contributed by atoms with Gasteiger partial charge in [0.1, 0.15) is 0 Å². The third-order valence-corrected chi connectivity index (χ3v) is 2.58. The van der Waals surface area contributed by atoms with Crippen LogP contribution >= 0.6 is 28.6 Å². The van der Waals surface area contributed by atoms with Crippen molar-refractivity contribution in [3.05, 3.63) is 33.8 Å². The first-order chi connectivity index (χ1) is 5.95. The Morgan fingerprint density at radius 2 is 1.92 bits per heavy atom. The highest BCUT2D eigenvalue weighted by Gasteiger charge is 2.32. The van der Waals surface area contributed by atoms with Crippen molar-refractivity contribution in [1.82, 2.24) is 0 Å². The SMILES string of the molecule is FC(F)(F)c1cc(CS)ccc1Br. The van der Waals surface area contributed by atoms with Crippen molar-refractivity contribution in [2.24, 2.45) is 0 Å². The van der Waals surface area contributed by atoms with Crippen molar-refractivity contribution in [2.75, 3.05) is 0 Å². The van der Waals surface area contributed by atoms with Crippen LogP contribution in [0, 0.1) is 0 Å². The maximum atomic E-state index is 12.3. The van der Waals surface area contributed by atoms with Gasteiger partial charge in [0, 0.05) is 10.2 Å². The third kappa shape index (κ3) is 2.64. The van der Waals surface area contributed by atoms with Crippen LogP contribution in [0.3, 0.4) is 0 Å². The largest absolute Gasteiger partial charge is 0.417 e. The van der Waals surface area contributed by atoms with Crippen LogP contribution in [-0.2, 0) is 11.9 Å². The summed E-state index contributed by atoms with van der Waals surface area (Å²) in [6.45, 7) is 0. The van der Waals surface area contributed by atoms with Gasteiger partial charge < -0.3 is 0 Å². The Kier molecular flexibility index (Phi) is 3.29. The molecule has 0 spiro atoms. The van der Waals surface area contributed by atoms with Crippen LogP contribution in [0.25, 0.3) is 0 Å². The molecule has 1 rings (SSSR count). The van der Waals surface area contributed by atoms with Crippen molar-refractivity contribution in [3.8, 4) is 0 Å². The maximum absolute atomic E-state index is 12.3. The Hall–Kier alpha value is -0.160. The molecule has 72 valence electrons. The zero-order valence-electron chi connectivity index (χ0n) is 6.40. The van der Waals surface area contributed by atoms with Gasteiger partial charge in [-0.15, -0.1) is 0 Å². The molecule has 0 nitrogen and oxygen atoms in total.